The van der Waals surface area contributed by atoms with Crippen LogP contribution in [0.3, 0.4) is 0 Å². The normalized spacial score (nSPS) is 10.3. The van der Waals surface area contributed by atoms with Crippen LogP contribution in [0, 0.1) is 12.7 Å². The predicted octanol–water partition coefficient (Wildman–Crippen LogP) is 2.47. The molecule has 1 heterocycles. The Morgan fingerprint density at radius 1 is 1.25 bits per heavy atom. The van der Waals surface area contributed by atoms with Crippen molar-refractivity contribution in [3.63, 3.8) is 0 Å². The minimum Gasteiger partial charge on any atom is -0.451 e. The largest absolute Gasteiger partial charge is 0.451 e. The zero-order chi connectivity index (χ0) is 17.9. The first-order valence-electron chi connectivity index (χ1n) is 7.18. The van der Waals surface area contributed by atoms with Crippen molar-refractivity contribution in [2.75, 3.05) is 11.9 Å². The maximum Gasteiger partial charge on any atom is 0.355 e. The maximum absolute atomic E-state index is 13.4. The number of amides is 1. The minimum absolute atomic E-state index is 0.161. The summed E-state index contributed by atoms with van der Waals surface area (Å²) in [6, 6.07) is 5.67. The third kappa shape index (κ3) is 4.07. The smallest absolute Gasteiger partial charge is 0.355 e. The third-order valence-electron chi connectivity index (χ3n) is 3.41. The third-order valence-corrected chi connectivity index (χ3v) is 3.41. The second-order valence-corrected chi connectivity index (χ2v) is 5.37. The number of rotatable bonds is 5. The van der Waals surface area contributed by atoms with Crippen molar-refractivity contribution in [1.29, 1.82) is 0 Å². The molecule has 1 amide bonds. The predicted molar refractivity (Wildman–Crippen MR) is 85.5 cm³/mol. The second-order valence-electron chi connectivity index (χ2n) is 5.37. The van der Waals surface area contributed by atoms with E-state index < -0.39 is 24.3 Å². The van der Waals surface area contributed by atoms with E-state index in [1.807, 2.05) is 0 Å². The average molecular weight is 332 g/mol. The number of ether oxygens (including phenoxy) is 1. The molecule has 0 atom stereocenters. The van der Waals surface area contributed by atoms with E-state index in [-0.39, 0.29) is 17.2 Å². The molecular formula is C17H17FN2O4. The van der Waals surface area contributed by atoms with Gasteiger partial charge in [0, 0.05) is 24.5 Å². The molecule has 24 heavy (non-hydrogen) atoms. The van der Waals surface area contributed by atoms with Crippen LogP contribution in [0.25, 0.3) is 0 Å². The van der Waals surface area contributed by atoms with Gasteiger partial charge in [0.1, 0.15) is 11.5 Å². The molecule has 1 aromatic carbocycles. The van der Waals surface area contributed by atoms with Gasteiger partial charge in [0.15, 0.2) is 12.4 Å². The highest BCUT2D eigenvalue weighted by Crippen LogP contribution is 2.14. The number of aromatic nitrogens is 1. The summed E-state index contributed by atoms with van der Waals surface area (Å²) in [6.07, 6.45) is 1.51. The van der Waals surface area contributed by atoms with Crippen LogP contribution in [-0.4, -0.2) is 28.8 Å². The molecule has 0 aliphatic carbocycles. The van der Waals surface area contributed by atoms with Crippen molar-refractivity contribution in [3.05, 3.63) is 53.1 Å². The molecule has 0 aliphatic rings. The molecule has 0 unspecified atom stereocenters. The van der Waals surface area contributed by atoms with E-state index in [0.717, 1.165) is 0 Å². The van der Waals surface area contributed by atoms with E-state index in [9.17, 15) is 18.8 Å². The molecule has 1 N–H and O–H groups in total. The summed E-state index contributed by atoms with van der Waals surface area (Å²) in [5, 5.41) is 2.44. The number of nitrogens with one attached hydrogen (secondary N) is 1. The molecule has 0 radical (unpaired) electrons. The number of nitrogens with zero attached hydrogens (tertiary/aromatic N) is 1. The van der Waals surface area contributed by atoms with Gasteiger partial charge >= 0.3 is 5.97 Å². The fourth-order valence-corrected chi connectivity index (χ4v) is 2.03. The number of hydrogen-bond acceptors (Lipinski definition) is 4. The Balaban J connectivity index is 1.94. The SMILES string of the molecule is CC(=O)c1cc(C(=O)OCC(=O)Nc2ccc(C)c(F)c2)n(C)c1. The molecule has 2 aromatic rings. The van der Waals surface area contributed by atoms with Crippen molar-refractivity contribution in [3.8, 4) is 0 Å². The van der Waals surface area contributed by atoms with E-state index in [1.54, 1.807) is 20.0 Å². The summed E-state index contributed by atoms with van der Waals surface area (Å²) < 4.78 is 19.8. The van der Waals surface area contributed by atoms with Crippen LogP contribution < -0.4 is 5.32 Å². The molecule has 1 aromatic heterocycles. The highest BCUT2D eigenvalue weighted by atomic mass is 19.1. The lowest BCUT2D eigenvalue weighted by Crippen LogP contribution is -2.21. The van der Waals surface area contributed by atoms with Gasteiger partial charge in [-0.25, -0.2) is 9.18 Å². The summed E-state index contributed by atoms with van der Waals surface area (Å²) >= 11 is 0. The number of anilines is 1. The number of carbonyl (C=O) groups excluding carboxylic acids is 3. The number of halogens is 1. The topological polar surface area (TPSA) is 77.4 Å². The molecule has 7 heteroatoms. The van der Waals surface area contributed by atoms with Gasteiger partial charge < -0.3 is 14.6 Å². The number of Topliss-reactive ketones (excluding diaryl/α,β-unsaturated/α-hetero) is 1. The monoisotopic (exact) mass is 332 g/mol. The second kappa shape index (κ2) is 7.08. The summed E-state index contributed by atoms with van der Waals surface area (Å²) in [7, 11) is 1.60. The number of esters is 1. The van der Waals surface area contributed by atoms with Crippen molar-refractivity contribution < 1.29 is 23.5 Å². The summed E-state index contributed by atoms with van der Waals surface area (Å²) in [5.74, 6) is -1.93. The van der Waals surface area contributed by atoms with Gasteiger partial charge in [-0.1, -0.05) is 6.07 Å². The number of hydrogen-bond donors (Lipinski definition) is 1. The van der Waals surface area contributed by atoms with Gasteiger partial charge in [-0.3, -0.25) is 9.59 Å². The van der Waals surface area contributed by atoms with Crippen LogP contribution in [0.2, 0.25) is 0 Å². The van der Waals surface area contributed by atoms with E-state index in [0.29, 0.717) is 11.1 Å². The molecule has 0 saturated carbocycles. The highest BCUT2D eigenvalue weighted by molar-refractivity contribution is 5.98. The van der Waals surface area contributed by atoms with E-state index >= 15 is 0 Å². The fraction of sp³-hybridized carbons (Fsp3) is 0.235. The molecule has 0 saturated heterocycles. The molecule has 6 nitrogen and oxygen atoms in total. The van der Waals surface area contributed by atoms with Crippen molar-refractivity contribution >= 4 is 23.3 Å². The van der Waals surface area contributed by atoms with E-state index in [1.165, 1.54) is 35.9 Å². The lowest BCUT2D eigenvalue weighted by atomic mass is 10.2. The van der Waals surface area contributed by atoms with Crippen LogP contribution >= 0.6 is 0 Å². The van der Waals surface area contributed by atoms with Crippen LogP contribution in [-0.2, 0) is 16.6 Å². The van der Waals surface area contributed by atoms with Gasteiger partial charge in [0.05, 0.1) is 0 Å². The Morgan fingerprint density at radius 2 is 1.96 bits per heavy atom. The first-order valence-corrected chi connectivity index (χ1v) is 7.18. The Kier molecular flexibility index (Phi) is 5.13. The van der Waals surface area contributed by atoms with Crippen LogP contribution in [0.4, 0.5) is 10.1 Å². The Labute approximate surface area is 138 Å². The van der Waals surface area contributed by atoms with Gasteiger partial charge in [-0.05, 0) is 37.6 Å². The Morgan fingerprint density at radius 3 is 2.54 bits per heavy atom. The molecule has 0 fully saturated rings. The summed E-state index contributed by atoms with van der Waals surface area (Å²) in [4.78, 5) is 35.0. The van der Waals surface area contributed by atoms with Crippen molar-refractivity contribution in [2.45, 2.75) is 13.8 Å². The zero-order valence-electron chi connectivity index (χ0n) is 13.6. The fourth-order valence-electron chi connectivity index (χ4n) is 2.03. The lowest BCUT2D eigenvalue weighted by Gasteiger charge is -2.07. The Hall–Kier alpha value is -2.96. The van der Waals surface area contributed by atoms with Crippen molar-refractivity contribution in [2.24, 2.45) is 7.05 Å². The number of ketones is 1. The van der Waals surface area contributed by atoms with Crippen molar-refractivity contribution in [1.82, 2.24) is 4.57 Å². The average Bonchev–Trinajstić information content (AvgIpc) is 2.91. The minimum atomic E-state index is -0.727. The van der Waals surface area contributed by atoms with Gasteiger partial charge in [0.2, 0.25) is 0 Å². The van der Waals surface area contributed by atoms with Gasteiger partial charge in [0.25, 0.3) is 5.91 Å². The summed E-state index contributed by atoms with van der Waals surface area (Å²) in [6.45, 7) is 2.48. The van der Waals surface area contributed by atoms with E-state index in [4.69, 9.17) is 4.74 Å². The van der Waals surface area contributed by atoms with Crippen LogP contribution in [0.15, 0.2) is 30.5 Å². The molecule has 0 aliphatic heterocycles. The number of benzene rings is 1. The number of carbonyl (C=O) groups is 3. The highest BCUT2D eigenvalue weighted by Gasteiger charge is 2.16. The van der Waals surface area contributed by atoms with Crippen LogP contribution in [0.5, 0.6) is 0 Å². The quantitative estimate of drug-likeness (QED) is 0.674. The molecule has 0 bridgehead atoms. The molecule has 2 rings (SSSR count). The summed E-state index contributed by atoms with van der Waals surface area (Å²) in [5.41, 5.74) is 1.28. The first kappa shape index (κ1) is 17.4. The maximum atomic E-state index is 13.4. The first-order chi connectivity index (χ1) is 11.3. The van der Waals surface area contributed by atoms with E-state index in [2.05, 4.69) is 5.32 Å². The standard InChI is InChI=1S/C17H17FN2O4/c1-10-4-5-13(7-14(10)18)19-16(22)9-24-17(23)15-6-12(11(2)21)8-20(15)3/h4-8H,9H2,1-3H3,(H,19,22). The zero-order valence-corrected chi connectivity index (χ0v) is 13.6. The van der Waals surface area contributed by atoms with Gasteiger partial charge in [-0.15, -0.1) is 0 Å². The number of aryl methyl sites for hydroxylation is 2. The molecule has 126 valence electrons. The molecular weight excluding hydrogens is 315 g/mol. The Bertz CT molecular complexity index is 811. The van der Waals surface area contributed by atoms with Crippen LogP contribution in [0.1, 0.15) is 33.3 Å². The lowest BCUT2D eigenvalue weighted by molar-refractivity contribution is -0.119. The van der Waals surface area contributed by atoms with Gasteiger partial charge in [-0.2, -0.15) is 0 Å². The molecule has 0 spiro atoms.